The molecule has 1 saturated heterocycles. The second kappa shape index (κ2) is 10.9. The number of benzene rings is 2. The molecule has 0 bridgehead atoms. The third-order valence-corrected chi connectivity index (χ3v) is 5.81. The van der Waals surface area contributed by atoms with Crippen LogP contribution in [0.2, 0.25) is 0 Å². The van der Waals surface area contributed by atoms with Gasteiger partial charge < -0.3 is 19.9 Å². The first-order valence-corrected chi connectivity index (χ1v) is 11.1. The standard InChI is InChI=1S/C25H30N4O3/c1-31-22-9-7-19(8-10-22)16-27-25(30)24-15-23(32-28-24)17-26-21-11-13-29(14-12-21)18-20-5-3-2-4-6-20/h2-10,15,21,26H,11-14,16-18H2,1H3,(H,27,30). The summed E-state index contributed by atoms with van der Waals surface area (Å²) in [7, 11) is 1.63. The number of nitrogens with one attached hydrogen (secondary N) is 2. The summed E-state index contributed by atoms with van der Waals surface area (Å²) in [6.07, 6.45) is 2.19. The SMILES string of the molecule is COc1ccc(CNC(=O)c2cc(CNC3CCN(Cc4ccccc4)CC3)on2)cc1. The molecule has 4 rings (SSSR count). The van der Waals surface area contributed by atoms with Crippen molar-refractivity contribution in [1.29, 1.82) is 0 Å². The molecule has 1 fully saturated rings. The first kappa shape index (κ1) is 22.0. The fourth-order valence-corrected chi connectivity index (χ4v) is 3.90. The van der Waals surface area contributed by atoms with Crippen LogP contribution in [0.4, 0.5) is 0 Å². The van der Waals surface area contributed by atoms with Crippen molar-refractivity contribution < 1.29 is 14.1 Å². The van der Waals surface area contributed by atoms with Crippen LogP contribution in [0.5, 0.6) is 5.75 Å². The summed E-state index contributed by atoms with van der Waals surface area (Å²) in [5.74, 6) is 1.21. The smallest absolute Gasteiger partial charge is 0.273 e. The summed E-state index contributed by atoms with van der Waals surface area (Å²) in [4.78, 5) is 14.9. The quantitative estimate of drug-likeness (QED) is 0.538. The molecule has 7 heteroatoms. The average molecular weight is 435 g/mol. The fraction of sp³-hybridized carbons (Fsp3) is 0.360. The van der Waals surface area contributed by atoms with Crippen LogP contribution in [0.3, 0.4) is 0 Å². The molecule has 0 radical (unpaired) electrons. The zero-order valence-corrected chi connectivity index (χ0v) is 18.4. The average Bonchev–Trinajstić information content (AvgIpc) is 3.32. The molecule has 0 atom stereocenters. The highest BCUT2D eigenvalue weighted by molar-refractivity contribution is 5.92. The van der Waals surface area contributed by atoms with Crippen LogP contribution < -0.4 is 15.4 Å². The van der Waals surface area contributed by atoms with Gasteiger partial charge in [0.05, 0.1) is 13.7 Å². The first-order chi connectivity index (χ1) is 15.7. The highest BCUT2D eigenvalue weighted by atomic mass is 16.5. The van der Waals surface area contributed by atoms with Gasteiger partial charge >= 0.3 is 0 Å². The number of likely N-dealkylation sites (tertiary alicyclic amines) is 1. The summed E-state index contributed by atoms with van der Waals surface area (Å²) in [6.45, 7) is 4.14. The molecule has 1 amide bonds. The van der Waals surface area contributed by atoms with Gasteiger partial charge in [0.1, 0.15) is 5.75 Å². The minimum absolute atomic E-state index is 0.245. The summed E-state index contributed by atoms with van der Waals surface area (Å²) in [5.41, 5.74) is 2.65. The van der Waals surface area contributed by atoms with E-state index >= 15 is 0 Å². The Morgan fingerprint density at radius 3 is 2.53 bits per heavy atom. The molecule has 0 unspecified atom stereocenters. The number of carbonyl (C=O) groups is 1. The number of rotatable bonds is 9. The molecule has 32 heavy (non-hydrogen) atoms. The largest absolute Gasteiger partial charge is 0.497 e. The minimum atomic E-state index is -0.245. The molecule has 3 aromatic rings. The molecule has 2 N–H and O–H groups in total. The van der Waals surface area contributed by atoms with E-state index in [1.54, 1.807) is 13.2 Å². The normalized spacial score (nSPS) is 14.9. The van der Waals surface area contributed by atoms with Gasteiger partial charge in [-0.1, -0.05) is 47.6 Å². The Morgan fingerprint density at radius 2 is 1.81 bits per heavy atom. The zero-order valence-electron chi connectivity index (χ0n) is 18.4. The minimum Gasteiger partial charge on any atom is -0.497 e. The van der Waals surface area contributed by atoms with Gasteiger partial charge in [0.25, 0.3) is 5.91 Å². The fourth-order valence-electron chi connectivity index (χ4n) is 3.90. The highest BCUT2D eigenvalue weighted by Crippen LogP contribution is 2.15. The Kier molecular flexibility index (Phi) is 7.53. The van der Waals surface area contributed by atoms with Gasteiger partial charge in [0.2, 0.25) is 0 Å². The van der Waals surface area contributed by atoms with Gasteiger partial charge in [-0.2, -0.15) is 0 Å². The van der Waals surface area contributed by atoms with Crippen molar-refractivity contribution >= 4 is 5.91 Å². The predicted molar refractivity (Wildman–Crippen MR) is 122 cm³/mol. The topological polar surface area (TPSA) is 79.6 Å². The predicted octanol–water partition coefficient (Wildman–Crippen LogP) is 3.37. The van der Waals surface area contributed by atoms with Crippen LogP contribution in [0.25, 0.3) is 0 Å². The van der Waals surface area contributed by atoms with E-state index < -0.39 is 0 Å². The lowest BCUT2D eigenvalue weighted by molar-refractivity contribution is 0.0941. The summed E-state index contributed by atoms with van der Waals surface area (Å²) in [6, 6.07) is 20.3. The summed E-state index contributed by atoms with van der Waals surface area (Å²) < 4.78 is 10.5. The number of methoxy groups -OCH3 is 1. The van der Waals surface area contributed by atoms with E-state index in [1.807, 2.05) is 24.3 Å². The molecule has 0 spiro atoms. The molecule has 7 nitrogen and oxygen atoms in total. The van der Waals surface area contributed by atoms with E-state index in [0.717, 1.165) is 43.8 Å². The number of carbonyl (C=O) groups excluding carboxylic acids is 1. The zero-order chi connectivity index (χ0) is 22.2. The second-order valence-electron chi connectivity index (χ2n) is 8.13. The van der Waals surface area contributed by atoms with Crippen LogP contribution in [0.15, 0.2) is 65.2 Å². The van der Waals surface area contributed by atoms with Crippen molar-refractivity contribution in [2.45, 2.75) is 38.5 Å². The van der Waals surface area contributed by atoms with Crippen molar-refractivity contribution in [1.82, 2.24) is 20.7 Å². The monoisotopic (exact) mass is 434 g/mol. The second-order valence-corrected chi connectivity index (χ2v) is 8.13. The van der Waals surface area contributed by atoms with Crippen LogP contribution in [0.1, 0.15) is 40.2 Å². The van der Waals surface area contributed by atoms with Crippen LogP contribution >= 0.6 is 0 Å². The first-order valence-electron chi connectivity index (χ1n) is 11.1. The number of piperidine rings is 1. The Hall–Kier alpha value is -3.16. The number of amides is 1. The van der Waals surface area contributed by atoms with E-state index in [9.17, 15) is 4.79 Å². The number of hydrogen-bond donors (Lipinski definition) is 2. The molecule has 0 saturated carbocycles. The lowest BCUT2D eigenvalue weighted by Gasteiger charge is -2.32. The molecule has 168 valence electrons. The van der Waals surface area contributed by atoms with Crippen LogP contribution in [-0.4, -0.2) is 42.2 Å². The van der Waals surface area contributed by atoms with E-state index in [0.29, 0.717) is 30.6 Å². The van der Waals surface area contributed by atoms with E-state index in [1.165, 1.54) is 5.56 Å². The van der Waals surface area contributed by atoms with Crippen molar-refractivity contribution in [2.75, 3.05) is 20.2 Å². The van der Waals surface area contributed by atoms with Gasteiger partial charge in [-0.3, -0.25) is 9.69 Å². The molecule has 2 heterocycles. The molecule has 2 aromatic carbocycles. The van der Waals surface area contributed by atoms with Gasteiger partial charge in [0, 0.05) is 25.2 Å². The number of aromatic nitrogens is 1. The highest BCUT2D eigenvalue weighted by Gasteiger charge is 2.20. The maximum absolute atomic E-state index is 12.4. The lowest BCUT2D eigenvalue weighted by Crippen LogP contribution is -2.41. The van der Waals surface area contributed by atoms with Crippen molar-refractivity contribution in [3.63, 3.8) is 0 Å². The molecular weight excluding hydrogens is 404 g/mol. The van der Waals surface area contributed by atoms with Crippen molar-refractivity contribution in [3.8, 4) is 5.75 Å². The molecule has 1 aliphatic rings. The van der Waals surface area contributed by atoms with Gasteiger partial charge in [0.15, 0.2) is 11.5 Å². The Balaban J connectivity index is 1.18. The number of hydrogen-bond acceptors (Lipinski definition) is 6. The molecule has 1 aliphatic heterocycles. The number of ether oxygens (including phenoxy) is 1. The number of nitrogens with zero attached hydrogens (tertiary/aromatic N) is 2. The maximum Gasteiger partial charge on any atom is 0.273 e. The van der Waals surface area contributed by atoms with E-state index in [4.69, 9.17) is 9.26 Å². The van der Waals surface area contributed by atoms with Gasteiger partial charge in [-0.25, -0.2) is 0 Å². The molecule has 0 aliphatic carbocycles. The van der Waals surface area contributed by atoms with E-state index in [2.05, 4.69) is 51.0 Å². The van der Waals surface area contributed by atoms with E-state index in [-0.39, 0.29) is 5.91 Å². The maximum atomic E-state index is 12.4. The summed E-state index contributed by atoms with van der Waals surface area (Å²) in [5, 5.41) is 10.3. The molecule has 1 aromatic heterocycles. The van der Waals surface area contributed by atoms with Gasteiger partial charge in [-0.05, 0) is 49.2 Å². The third kappa shape index (κ3) is 6.18. The van der Waals surface area contributed by atoms with Gasteiger partial charge in [-0.15, -0.1) is 0 Å². The third-order valence-electron chi connectivity index (χ3n) is 5.81. The Bertz CT molecular complexity index is 980. The van der Waals surface area contributed by atoms with Crippen LogP contribution in [-0.2, 0) is 19.6 Å². The Labute approximate surface area is 188 Å². The molecular formula is C25H30N4O3. The lowest BCUT2D eigenvalue weighted by atomic mass is 10.0. The summed E-state index contributed by atoms with van der Waals surface area (Å²) >= 11 is 0. The Morgan fingerprint density at radius 1 is 1.06 bits per heavy atom. The van der Waals surface area contributed by atoms with Crippen molar-refractivity contribution in [3.05, 3.63) is 83.2 Å². The van der Waals surface area contributed by atoms with Crippen molar-refractivity contribution in [2.24, 2.45) is 0 Å². The van der Waals surface area contributed by atoms with Crippen LogP contribution in [0, 0.1) is 0 Å².